The van der Waals surface area contributed by atoms with E-state index >= 15 is 0 Å². The van der Waals surface area contributed by atoms with Gasteiger partial charge in [-0.2, -0.15) is 0 Å². The Hall–Kier alpha value is -2.53. The molecule has 5 nitrogen and oxygen atoms in total. The normalized spacial score (nSPS) is 10.1. The third-order valence-electron chi connectivity index (χ3n) is 3.08. The second kappa shape index (κ2) is 8.05. The zero-order chi connectivity index (χ0) is 15.8. The number of nitrogens with one attached hydrogen (secondary N) is 2. The van der Waals surface area contributed by atoms with Gasteiger partial charge >= 0.3 is 6.03 Å². The van der Waals surface area contributed by atoms with Crippen molar-refractivity contribution in [1.29, 1.82) is 0 Å². The maximum absolute atomic E-state index is 12.2. The molecule has 0 saturated carbocycles. The van der Waals surface area contributed by atoms with Crippen LogP contribution in [0.4, 0.5) is 16.2 Å². The van der Waals surface area contributed by atoms with Gasteiger partial charge in [-0.1, -0.05) is 30.3 Å². The van der Waals surface area contributed by atoms with Gasteiger partial charge in [-0.15, -0.1) is 0 Å². The molecule has 0 unspecified atom stereocenters. The standard InChI is InChI=1S/C17H20N2O3/c1-2-22-16-10-6-5-9-15(16)19-17(21)18-14-8-4-3-7-13(14)11-12-20/h3-10,20H,2,11-12H2,1H3,(H2,18,19,21). The van der Waals surface area contributed by atoms with Gasteiger partial charge in [0.2, 0.25) is 0 Å². The first-order valence-electron chi connectivity index (χ1n) is 7.23. The number of carbonyl (C=O) groups excluding carboxylic acids is 1. The van der Waals surface area contributed by atoms with Crippen molar-refractivity contribution >= 4 is 17.4 Å². The summed E-state index contributed by atoms with van der Waals surface area (Å²) in [5, 5.41) is 14.6. The molecule has 0 aliphatic carbocycles. The third kappa shape index (κ3) is 4.23. The summed E-state index contributed by atoms with van der Waals surface area (Å²) in [5.41, 5.74) is 2.18. The van der Waals surface area contributed by atoms with Crippen LogP contribution >= 0.6 is 0 Å². The topological polar surface area (TPSA) is 70.6 Å². The lowest BCUT2D eigenvalue weighted by molar-refractivity contribution is 0.261. The van der Waals surface area contributed by atoms with Gasteiger partial charge in [0.15, 0.2) is 0 Å². The van der Waals surface area contributed by atoms with E-state index in [1.54, 1.807) is 18.2 Å². The zero-order valence-electron chi connectivity index (χ0n) is 12.5. The maximum atomic E-state index is 12.2. The maximum Gasteiger partial charge on any atom is 0.323 e. The lowest BCUT2D eigenvalue weighted by Gasteiger charge is -2.13. The fourth-order valence-electron chi connectivity index (χ4n) is 2.11. The Morgan fingerprint density at radius 1 is 1.05 bits per heavy atom. The molecule has 0 fully saturated rings. The molecule has 2 aromatic rings. The van der Waals surface area contributed by atoms with Crippen LogP contribution in [0.5, 0.6) is 5.75 Å². The summed E-state index contributed by atoms with van der Waals surface area (Å²) in [7, 11) is 0. The van der Waals surface area contributed by atoms with Crippen LogP contribution in [0.25, 0.3) is 0 Å². The van der Waals surface area contributed by atoms with Gasteiger partial charge in [0, 0.05) is 12.3 Å². The SMILES string of the molecule is CCOc1ccccc1NC(=O)Nc1ccccc1CCO. The molecule has 0 aliphatic heterocycles. The second-order valence-electron chi connectivity index (χ2n) is 4.64. The van der Waals surface area contributed by atoms with E-state index in [9.17, 15) is 4.79 Å². The number of anilines is 2. The molecule has 0 spiro atoms. The summed E-state index contributed by atoms with van der Waals surface area (Å²) in [4.78, 5) is 12.2. The predicted molar refractivity (Wildman–Crippen MR) is 87.5 cm³/mol. The molecule has 0 radical (unpaired) electrons. The number of benzene rings is 2. The van der Waals surface area contributed by atoms with Crippen LogP contribution in [0.15, 0.2) is 48.5 Å². The zero-order valence-corrected chi connectivity index (χ0v) is 12.5. The molecular weight excluding hydrogens is 280 g/mol. The summed E-state index contributed by atoms with van der Waals surface area (Å²) < 4.78 is 5.47. The van der Waals surface area contributed by atoms with Gasteiger partial charge < -0.3 is 20.5 Å². The number of hydrogen-bond acceptors (Lipinski definition) is 3. The monoisotopic (exact) mass is 300 g/mol. The van der Waals surface area contributed by atoms with Crippen molar-refractivity contribution in [2.24, 2.45) is 0 Å². The Morgan fingerprint density at radius 3 is 2.41 bits per heavy atom. The van der Waals surface area contributed by atoms with Gasteiger partial charge in [-0.25, -0.2) is 4.79 Å². The third-order valence-corrected chi connectivity index (χ3v) is 3.08. The second-order valence-corrected chi connectivity index (χ2v) is 4.64. The average molecular weight is 300 g/mol. The van der Waals surface area contributed by atoms with E-state index in [1.807, 2.05) is 37.3 Å². The first-order chi connectivity index (χ1) is 10.7. The molecule has 0 saturated heterocycles. The Morgan fingerprint density at radius 2 is 1.68 bits per heavy atom. The molecule has 116 valence electrons. The molecule has 22 heavy (non-hydrogen) atoms. The number of urea groups is 1. The number of aliphatic hydroxyl groups is 1. The van der Waals surface area contributed by atoms with Crippen LogP contribution < -0.4 is 15.4 Å². The van der Waals surface area contributed by atoms with Gasteiger partial charge in [-0.05, 0) is 37.1 Å². The van der Waals surface area contributed by atoms with Crippen molar-refractivity contribution in [3.05, 3.63) is 54.1 Å². The van der Waals surface area contributed by atoms with Crippen molar-refractivity contribution < 1.29 is 14.6 Å². The molecular formula is C17H20N2O3. The van der Waals surface area contributed by atoms with E-state index in [0.717, 1.165) is 5.56 Å². The summed E-state index contributed by atoms with van der Waals surface area (Å²) in [6.07, 6.45) is 0.492. The Kier molecular flexibility index (Phi) is 5.80. The quantitative estimate of drug-likeness (QED) is 0.767. The molecule has 0 bridgehead atoms. The minimum absolute atomic E-state index is 0.0352. The summed E-state index contributed by atoms with van der Waals surface area (Å²) in [5.74, 6) is 0.629. The Balaban J connectivity index is 2.08. The van der Waals surface area contributed by atoms with Crippen LogP contribution in [-0.2, 0) is 6.42 Å². The van der Waals surface area contributed by atoms with Gasteiger partial charge in [0.25, 0.3) is 0 Å². The highest BCUT2D eigenvalue weighted by Crippen LogP contribution is 2.24. The predicted octanol–water partition coefficient (Wildman–Crippen LogP) is 3.26. The first-order valence-corrected chi connectivity index (χ1v) is 7.23. The summed E-state index contributed by atoms with van der Waals surface area (Å²) in [6.45, 7) is 2.45. The number of ether oxygens (including phenoxy) is 1. The lowest BCUT2D eigenvalue weighted by atomic mass is 10.1. The van der Waals surface area contributed by atoms with Crippen molar-refractivity contribution in [3.63, 3.8) is 0 Å². The fourth-order valence-corrected chi connectivity index (χ4v) is 2.11. The highest BCUT2D eigenvalue weighted by atomic mass is 16.5. The highest BCUT2D eigenvalue weighted by molar-refractivity contribution is 6.01. The first kappa shape index (κ1) is 15.9. The summed E-state index contributed by atoms with van der Waals surface area (Å²) >= 11 is 0. The van der Waals surface area contributed by atoms with Crippen molar-refractivity contribution in [2.45, 2.75) is 13.3 Å². The van der Waals surface area contributed by atoms with Crippen LogP contribution in [0, 0.1) is 0 Å². The van der Waals surface area contributed by atoms with Gasteiger partial charge in [0.05, 0.1) is 12.3 Å². The molecule has 2 rings (SSSR count). The number of aliphatic hydroxyl groups excluding tert-OH is 1. The number of carbonyl (C=O) groups is 1. The minimum atomic E-state index is -0.349. The van der Waals surface area contributed by atoms with Gasteiger partial charge in [0.1, 0.15) is 5.75 Å². The number of para-hydroxylation sites is 3. The van der Waals surface area contributed by atoms with E-state index in [0.29, 0.717) is 30.2 Å². The molecule has 2 aromatic carbocycles. The molecule has 0 aliphatic rings. The fraction of sp³-hybridized carbons (Fsp3) is 0.235. The molecule has 0 atom stereocenters. The summed E-state index contributed by atoms with van der Waals surface area (Å²) in [6, 6.07) is 14.3. The van der Waals surface area contributed by atoms with Crippen molar-refractivity contribution in [3.8, 4) is 5.75 Å². The van der Waals surface area contributed by atoms with Crippen LogP contribution in [0.1, 0.15) is 12.5 Å². The molecule has 2 amide bonds. The van der Waals surface area contributed by atoms with Crippen LogP contribution in [0.3, 0.4) is 0 Å². The van der Waals surface area contributed by atoms with E-state index in [4.69, 9.17) is 9.84 Å². The van der Waals surface area contributed by atoms with E-state index in [-0.39, 0.29) is 12.6 Å². The minimum Gasteiger partial charge on any atom is -0.492 e. The molecule has 0 aromatic heterocycles. The molecule has 0 heterocycles. The number of hydrogen-bond donors (Lipinski definition) is 3. The molecule has 3 N–H and O–H groups in total. The smallest absolute Gasteiger partial charge is 0.323 e. The van der Waals surface area contributed by atoms with Gasteiger partial charge in [-0.3, -0.25) is 0 Å². The largest absolute Gasteiger partial charge is 0.492 e. The van der Waals surface area contributed by atoms with Crippen molar-refractivity contribution in [1.82, 2.24) is 0 Å². The number of amides is 2. The Labute approximate surface area is 129 Å². The van der Waals surface area contributed by atoms with Crippen LogP contribution in [0.2, 0.25) is 0 Å². The highest BCUT2D eigenvalue weighted by Gasteiger charge is 2.09. The van der Waals surface area contributed by atoms with Crippen molar-refractivity contribution in [2.75, 3.05) is 23.8 Å². The van der Waals surface area contributed by atoms with Crippen LogP contribution in [-0.4, -0.2) is 24.4 Å². The average Bonchev–Trinajstić information content (AvgIpc) is 2.52. The van der Waals surface area contributed by atoms with E-state index in [1.165, 1.54) is 0 Å². The Bertz CT molecular complexity index is 575. The van der Waals surface area contributed by atoms with E-state index < -0.39 is 0 Å². The number of rotatable bonds is 6. The van der Waals surface area contributed by atoms with E-state index in [2.05, 4.69) is 10.6 Å². The lowest BCUT2D eigenvalue weighted by Crippen LogP contribution is -2.20. The molecule has 5 heteroatoms.